The van der Waals surface area contributed by atoms with Crippen LogP contribution in [0.5, 0.6) is 0 Å². The summed E-state index contributed by atoms with van der Waals surface area (Å²) in [6, 6.07) is 22.5. The maximum Gasteiger partial charge on any atom is 0.160 e. The second-order valence-corrected chi connectivity index (χ2v) is 7.74. The number of hydrogen-bond donors (Lipinski definition) is 0. The molecule has 1 aromatic carbocycles. The van der Waals surface area contributed by atoms with Crippen molar-refractivity contribution < 1.29 is 0 Å². The minimum atomic E-state index is 0.786. The van der Waals surface area contributed by atoms with E-state index in [-0.39, 0.29) is 0 Å². The van der Waals surface area contributed by atoms with Crippen molar-refractivity contribution in [3.63, 3.8) is 0 Å². The Morgan fingerprint density at radius 3 is 2.06 bits per heavy atom. The molecular weight excluding hydrogens is 408 g/mol. The lowest BCUT2D eigenvalue weighted by Gasteiger charge is -2.26. The van der Waals surface area contributed by atoms with E-state index in [1.54, 1.807) is 6.20 Å². The molecule has 4 aromatic heterocycles. The van der Waals surface area contributed by atoms with Crippen molar-refractivity contribution in [3.8, 4) is 11.6 Å². The summed E-state index contributed by atoms with van der Waals surface area (Å²) < 4.78 is 3.86. The van der Waals surface area contributed by atoms with E-state index in [1.807, 2.05) is 70.3 Å². The average Bonchev–Trinajstić information content (AvgIpc) is 3.56. The Bertz CT molecular complexity index is 1240. The first-order valence-electron chi connectivity index (χ1n) is 11.3. The number of nitrogens with zero attached hydrogens (tertiary/aromatic N) is 6. The summed E-state index contributed by atoms with van der Waals surface area (Å²) >= 11 is 0. The average molecular weight is 435 g/mol. The van der Waals surface area contributed by atoms with E-state index in [9.17, 15) is 0 Å². The fourth-order valence-electron chi connectivity index (χ4n) is 4.10. The number of aryl methyl sites for hydroxylation is 2. The molecule has 33 heavy (non-hydrogen) atoms. The van der Waals surface area contributed by atoms with E-state index in [4.69, 9.17) is 5.10 Å². The minimum absolute atomic E-state index is 0.786. The molecule has 4 heterocycles. The van der Waals surface area contributed by atoms with Gasteiger partial charge in [-0.25, -0.2) is 14.6 Å². The van der Waals surface area contributed by atoms with Crippen LogP contribution in [0.3, 0.4) is 0 Å². The summed E-state index contributed by atoms with van der Waals surface area (Å²) in [5.41, 5.74) is 4.79. The highest BCUT2D eigenvalue weighted by Crippen LogP contribution is 2.39. The molecule has 0 aliphatic heterocycles. The lowest BCUT2D eigenvalue weighted by Crippen LogP contribution is -2.15. The molecule has 0 unspecified atom stereocenters. The second kappa shape index (κ2) is 9.12. The quantitative estimate of drug-likeness (QED) is 0.313. The molecule has 0 aliphatic carbocycles. The highest BCUT2D eigenvalue weighted by molar-refractivity contribution is 5.79. The van der Waals surface area contributed by atoms with Crippen LogP contribution in [0.25, 0.3) is 11.6 Å². The lowest BCUT2D eigenvalue weighted by atomic mass is 10.0. The van der Waals surface area contributed by atoms with Crippen molar-refractivity contribution in [3.05, 3.63) is 109 Å². The normalized spacial score (nSPS) is 11.0. The fraction of sp³-hybridized carbons (Fsp3) is 0.148. The number of rotatable bonds is 7. The van der Waals surface area contributed by atoms with E-state index >= 15 is 0 Å². The van der Waals surface area contributed by atoms with E-state index in [0.717, 1.165) is 36.0 Å². The number of benzene rings is 1. The molecule has 164 valence electrons. The Balaban J connectivity index is 1.66. The maximum atomic E-state index is 4.92. The van der Waals surface area contributed by atoms with Gasteiger partial charge in [-0.15, -0.1) is 5.10 Å². The Morgan fingerprint density at radius 2 is 1.42 bits per heavy atom. The van der Waals surface area contributed by atoms with Gasteiger partial charge in [0.25, 0.3) is 0 Å². The molecule has 0 amide bonds. The van der Waals surface area contributed by atoms with Gasteiger partial charge in [-0.05, 0) is 54.3 Å². The molecule has 6 nitrogen and oxygen atoms in total. The summed E-state index contributed by atoms with van der Waals surface area (Å²) in [6.45, 7) is 4.39. The molecular formula is C27H26N6. The SMILES string of the molecule is CCc1cccc(CC)c1N(c1ccn(-c2ccccn2)c1)c1ccn(-c2ccccn2)n1. The van der Waals surface area contributed by atoms with Gasteiger partial charge < -0.3 is 4.57 Å². The molecule has 0 N–H and O–H groups in total. The molecule has 5 rings (SSSR count). The van der Waals surface area contributed by atoms with E-state index < -0.39 is 0 Å². The smallest absolute Gasteiger partial charge is 0.160 e. The zero-order valence-electron chi connectivity index (χ0n) is 18.8. The molecule has 0 spiro atoms. The van der Waals surface area contributed by atoms with Crippen LogP contribution in [-0.4, -0.2) is 24.3 Å². The van der Waals surface area contributed by atoms with Crippen LogP contribution in [0.1, 0.15) is 25.0 Å². The largest absolute Gasteiger partial charge is 0.306 e. The van der Waals surface area contributed by atoms with E-state index in [0.29, 0.717) is 0 Å². The monoisotopic (exact) mass is 434 g/mol. The van der Waals surface area contributed by atoms with Crippen LogP contribution in [0, 0.1) is 0 Å². The number of aromatic nitrogens is 5. The Hall–Kier alpha value is -4.19. The third-order valence-corrected chi connectivity index (χ3v) is 5.73. The zero-order chi connectivity index (χ0) is 22.6. The molecule has 0 aliphatic rings. The third kappa shape index (κ3) is 4.03. The summed E-state index contributed by atoms with van der Waals surface area (Å²) in [7, 11) is 0. The molecule has 0 bridgehead atoms. The summed E-state index contributed by atoms with van der Waals surface area (Å²) in [5.74, 6) is 2.51. The Kier molecular flexibility index (Phi) is 5.72. The van der Waals surface area contributed by atoms with E-state index in [1.165, 1.54) is 16.8 Å². The van der Waals surface area contributed by atoms with Crippen LogP contribution < -0.4 is 4.90 Å². The van der Waals surface area contributed by atoms with Gasteiger partial charge in [-0.2, -0.15) is 0 Å². The first kappa shape index (κ1) is 20.7. The number of anilines is 3. The number of para-hydroxylation sites is 1. The molecule has 0 fully saturated rings. The van der Waals surface area contributed by atoms with Crippen LogP contribution in [0.4, 0.5) is 17.2 Å². The van der Waals surface area contributed by atoms with Gasteiger partial charge in [0.2, 0.25) is 0 Å². The number of hydrogen-bond acceptors (Lipinski definition) is 4. The first-order valence-corrected chi connectivity index (χ1v) is 11.3. The topological polar surface area (TPSA) is 51.8 Å². The van der Waals surface area contributed by atoms with Gasteiger partial charge in [0, 0.05) is 37.1 Å². The first-order chi connectivity index (χ1) is 16.3. The van der Waals surface area contributed by atoms with Crippen molar-refractivity contribution in [1.82, 2.24) is 24.3 Å². The van der Waals surface area contributed by atoms with Crippen molar-refractivity contribution >= 4 is 17.2 Å². The van der Waals surface area contributed by atoms with Gasteiger partial charge in [-0.1, -0.05) is 44.2 Å². The predicted molar refractivity (Wildman–Crippen MR) is 132 cm³/mol. The van der Waals surface area contributed by atoms with Gasteiger partial charge >= 0.3 is 0 Å². The minimum Gasteiger partial charge on any atom is -0.306 e. The third-order valence-electron chi connectivity index (χ3n) is 5.73. The van der Waals surface area contributed by atoms with Crippen LogP contribution >= 0.6 is 0 Å². The highest BCUT2D eigenvalue weighted by Gasteiger charge is 2.22. The molecule has 0 saturated carbocycles. The van der Waals surface area contributed by atoms with Crippen molar-refractivity contribution in [2.24, 2.45) is 0 Å². The molecule has 0 saturated heterocycles. The fourth-order valence-corrected chi connectivity index (χ4v) is 4.10. The second-order valence-electron chi connectivity index (χ2n) is 7.74. The maximum absolute atomic E-state index is 4.92. The predicted octanol–water partition coefficient (Wildman–Crippen LogP) is 6.05. The lowest BCUT2D eigenvalue weighted by molar-refractivity contribution is 0.843. The van der Waals surface area contributed by atoms with Gasteiger partial charge in [0.05, 0.1) is 11.4 Å². The number of pyridine rings is 2. The van der Waals surface area contributed by atoms with Crippen molar-refractivity contribution in [2.75, 3.05) is 4.90 Å². The molecule has 6 heteroatoms. The van der Waals surface area contributed by atoms with E-state index in [2.05, 4.69) is 59.2 Å². The Morgan fingerprint density at radius 1 is 0.727 bits per heavy atom. The standard InChI is InChI=1S/C27H26N6/c1-3-21-10-9-11-22(4-2)27(21)33(23-14-18-31(20-23)24-12-5-7-16-28-24)26-15-19-32(30-26)25-13-6-8-17-29-25/h5-20H,3-4H2,1-2H3. The molecule has 0 radical (unpaired) electrons. The van der Waals surface area contributed by atoms with Gasteiger partial charge in [0.1, 0.15) is 5.82 Å². The van der Waals surface area contributed by atoms with Crippen LogP contribution in [0.2, 0.25) is 0 Å². The zero-order valence-corrected chi connectivity index (χ0v) is 18.8. The summed E-state index contributed by atoms with van der Waals surface area (Å²) in [5, 5.41) is 4.92. The highest BCUT2D eigenvalue weighted by atomic mass is 15.4. The van der Waals surface area contributed by atoms with Crippen molar-refractivity contribution in [1.29, 1.82) is 0 Å². The van der Waals surface area contributed by atoms with Crippen LogP contribution in [0.15, 0.2) is 97.7 Å². The molecule has 0 atom stereocenters. The van der Waals surface area contributed by atoms with Crippen LogP contribution in [-0.2, 0) is 12.8 Å². The van der Waals surface area contributed by atoms with Gasteiger partial charge in [-0.3, -0.25) is 4.90 Å². The summed E-state index contributed by atoms with van der Waals surface area (Å²) in [6.07, 6.45) is 11.6. The Labute approximate surface area is 193 Å². The van der Waals surface area contributed by atoms with Crippen molar-refractivity contribution in [2.45, 2.75) is 26.7 Å². The molecule has 5 aromatic rings. The van der Waals surface area contributed by atoms with Gasteiger partial charge in [0.15, 0.2) is 11.6 Å². The summed E-state index contributed by atoms with van der Waals surface area (Å²) in [4.78, 5) is 11.2.